The van der Waals surface area contributed by atoms with Gasteiger partial charge in [0.25, 0.3) is 17.7 Å². The van der Waals surface area contributed by atoms with Crippen LogP contribution in [0.4, 0.5) is 20.2 Å². The number of aromatic nitrogens is 2. The molecule has 10 heteroatoms. The zero-order valence-corrected chi connectivity index (χ0v) is 21.5. The number of morpholine rings is 1. The van der Waals surface area contributed by atoms with Crippen molar-refractivity contribution in [2.24, 2.45) is 0 Å². The molecule has 0 unspecified atom stereocenters. The minimum Gasteiger partial charge on any atom is -0.377 e. The van der Waals surface area contributed by atoms with E-state index in [2.05, 4.69) is 20.2 Å². The quantitative estimate of drug-likeness (QED) is 0.532. The van der Waals surface area contributed by atoms with Gasteiger partial charge in [0.2, 0.25) is 0 Å². The van der Waals surface area contributed by atoms with Gasteiger partial charge in [0.1, 0.15) is 5.69 Å². The molecule has 38 heavy (non-hydrogen) atoms. The maximum absolute atomic E-state index is 13.7. The highest BCUT2D eigenvalue weighted by molar-refractivity contribution is 6.04. The summed E-state index contributed by atoms with van der Waals surface area (Å²) >= 11 is 0. The van der Waals surface area contributed by atoms with E-state index in [1.165, 1.54) is 12.3 Å². The first-order valence-corrected chi connectivity index (χ1v) is 12.6. The van der Waals surface area contributed by atoms with E-state index >= 15 is 0 Å². The van der Waals surface area contributed by atoms with Crippen molar-refractivity contribution in [3.05, 3.63) is 71.3 Å². The summed E-state index contributed by atoms with van der Waals surface area (Å²) < 4.78 is 33.1. The summed E-state index contributed by atoms with van der Waals surface area (Å²) in [7, 11) is 0. The Morgan fingerprint density at radius 3 is 2.79 bits per heavy atom. The highest BCUT2D eigenvalue weighted by Crippen LogP contribution is 2.34. The largest absolute Gasteiger partial charge is 0.377 e. The van der Waals surface area contributed by atoms with Crippen LogP contribution in [-0.4, -0.2) is 65.6 Å². The zero-order chi connectivity index (χ0) is 27.0. The lowest BCUT2D eigenvalue weighted by atomic mass is 9.99. The number of carbonyl (C=O) groups is 2. The van der Waals surface area contributed by atoms with E-state index in [0.29, 0.717) is 44.2 Å². The smallest absolute Gasteiger partial charge is 0.286 e. The maximum Gasteiger partial charge on any atom is 0.286 e. The van der Waals surface area contributed by atoms with E-state index in [0.717, 1.165) is 35.4 Å². The van der Waals surface area contributed by atoms with Crippen LogP contribution in [0.5, 0.6) is 0 Å². The monoisotopic (exact) mass is 521 g/mol. The SMILES string of the molecule is CCN1C[C@@H]2COCCN2c2cc(-c3cc(NC(=O)c4ccnc(C(C)(F)F)c4)ccc3C)cnc2C1=O. The first kappa shape index (κ1) is 25.7. The number of hydrogen-bond acceptors (Lipinski definition) is 6. The van der Waals surface area contributed by atoms with Crippen molar-refractivity contribution >= 4 is 23.2 Å². The van der Waals surface area contributed by atoms with Gasteiger partial charge in [-0.2, -0.15) is 8.78 Å². The fourth-order valence-electron chi connectivity index (χ4n) is 4.89. The zero-order valence-electron chi connectivity index (χ0n) is 21.5. The number of aryl methyl sites for hydroxylation is 1. The summed E-state index contributed by atoms with van der Waals surface area (Å²) in [5.41, 5.74) is 3.91. The Bertz CT molecular complexity index is 1390. The van der Waals surface area contributed by atoms with Gasteiger partial charge in [0.05, 0.1) is 24.9 Å². The number of amides is 2. The predicted octanol–water partition coefficient (Wildman–Crippen LogP) is 4.50. The molecule has 1 saturated heterocycles. The second kappa shape index (κ2) is 10.1. The van der Waals surface area contributed by atoms with Gasteiger partial charge in [-0.1, -0.05) is 6.07 Å². The first-order chi connectivity index (χ1) is 18.2. The highest BCUT2D eigenvalue weighted by Gasteiger charge is 2.35. The lowest BCUT2D eigenvalue weighted by molar-refractivity contribution is 0.0127. The Labute approximate surface area is 219 Å². The van der Waals surface area contributed by atoms with Crippen molar-refractivity contribution in [3.8, 4) is 11.1 Å². The number of carbonyl (C=O) groups excluding carboxylic acids is 2. The Hall–Kier alpha value is -3.92. The average molecular weight is 522 g/mol. The summed E-state index contributed by atoms with van der Waals surface area (Å²) in [6, 6.07) is 9.95. The maximum atomic E-state index is 13.7. The van der Waals surface area contributed by atoms with Crippen molar-refractivity contribution in [1.29, 1.82) is 0 Å². The lowest BCUT2D eigenvalue weighted by Crippen LogP contribution is -2.50. The predicted molar refractivity (Wildman–Crippen MR) is 140 cm³/mol. The summed E-state index contributed by atoms with van der Waals surface area (Å²) in [5.74, 6) is -3.77. The molecule has 2 aliphatic heterocycles. The van der Waals surface area contributed by atoms with Crippen molar-refractivity contribution in [3.63, 3.8) is 0 Å². The molecule has 0 bridgehead atoms. The van der Waals surface area contributed by atoms with Gasteiger partial charge >= 0.3 is 0 Å². The third-order valence-corrected chi connectivity index (χ3v) is 6.99. The van der Waals surface area contributed by atoms with Crippen LogP contribution in [0.1, 0.15) is 46.0 Å². The first-order valence-electron chi connectivity index (χ1n) is 12.6. The van der Waals surface area contributed by atoms with Crippen LogP contribution in [0.25, 0.3) is 11.1 Å². The van der Waals surface area contributed by atoms with Gasteiger partial charge in [-0.25, -0.2) is 4.98 Å². The van der Waals surface area contributed by atoms with Crippen molar-refractivity contribution in [1.82, 2.24) is 14.9 Å². The molecule has 2 aromatic heterocycles. The molecule has 1 N–H and O–H groups in total. The van der Waals surface area contributed by atoms with E-state index in [1.807, 2.05) is 32.0 Å². The van der Waals surface area contributed by atoms with E-state index in [-0.39, 0.29) is 17.5 Å². The van der Waals surface area contributed by atoms with Gasteiger partial charge in [0, 0.05) is 55.8 Å². The summed E-state index contributed by atoms with van der Waals surface area (Å²) in [6.07, 6.45) is 2.88. The highest BCUT2D eigenvalue weighted by atomic mass is 19.3. The number of alkyl halides is 2. The molecule has 2 aliphatic rings. The minimum absolute atomic E-state index is 0.0402. The second-order valence-electron chi connectivity index (χ2n) is 9.66. The minimum atomic E-state index is -3.15. The van der Waals surface area contributed by atoms with Gasteiger partial charge in [-0.05, 0) is 55.3 Å². The molecule has 198 valence electrons. The van der Waals surface area contributed by atoms with Crippen molar-refractivity contribution in [2.75, 3.05) is 43.1 Å². The lowest BCUT2D eigenvalue weighted by Gasteiger charge is -2.37. The molecule has 8 nitrogen and oxygen atoms in total. The molecule has 3 aromatic rings. The topological polar surface area (TPSA) is 87.7 Å². The number of halogens is 2. The normalized spacial score (nSPS) is 17.5. The Morgan fingerprint density at radius 1 is 1.21 bits per heavy atom. The third kappa shape index (κ3) is 4.96. The molecule has 1 aromatic carbocycles. The fourth-order valence-corrected chi connectivity index (χ4v) is 4.89. The molecule has 2 amide bonds. The summed E-state index contributed by atoms with van der Waals surface area (Å²) in [4.78, 5) is 38.3. The fraction of sp³-hybridized carbons (Fsp3) is 0.357. The number of fused-ring (bicyclic) bond motifs is 3. The molecule has 0 saturated carbocycles. The molecule has 0 spiro atoms. The van der Waals surface area contributed by atoms with Gasteiger partial charge in [-0.15, -0.1) is 0 Å². The third-order valence-electron chi connectivity index (χ3n) is 6.99. The number of benzene rings is 1. The van der Waals surface area contributed by atoms with Crippen LogP contribution < -0.4 is 10.2 Å². The number of likely N-dealkylation sites (N-methyl/N-ethyl adjacent to an activating group) is 1. The van der Waals surface area contributed by atoms with Crippen LogP contribution in [0.2, 0.25) is 0 Å². The molecule has 4 heterocycles. The average Bonchev–Trinajstić information content (AvgIpc) is 3.03. The van der Waals surface area contributed by atoms with Crippen molar-refractivity contribution in [2.45, 2.75) is 32.7 Å². The number of rotatable bonds is 5. The van der Waals surface area contributed by atoms with Crippen molar-refractivity contribution < 1.29 is 23.1 Å². The number of nitrogens with zero attached hydrogens (tertiary/aromatic N) is 4. The molecule has 5 rings (SSSR count). The molecular formula is C28H29F2N5O3. The molecule has 0 aliphatic carbocycles. The molecule has 1 atom stereocenters. The van der Waals surface area contributed by atoms with Crippen LogP contribution in [0.15, 0.2) is 48.8 Å². The van der Waals surface area contributed by atoms with Crippen LogP contribution in [0, 0.1) is 6.92 Å². The number of pyridine rings is 2. The Balaban J connectivity index is 1.47. The number of hydrogen-bond donors (Lipinski definition) is 1. The number of nitrogens with one attached hydrogen (secondary N) is 1. The van der Waals surface area contributed by atoms with E-state index in [9.17, 15) is 18.4 Å². The van der Waals surface area contributed by atoms with E-state index in [4.69, 9.17) is 4.74 Å². The second-order valence-corrected chi connectivity index (χ2v) is 9.66. The van der Waals surface area contributed by atoms with Crippen LogP contribution >= 0.6 is 0 Å². The molecule has 0 radical (unpaired) electrons. The molecular weight excluding hydrogens is 492 g/mol. The standard InChI is InChI=1S/C28H29F2N5O3/c1-4-34-15-21-16-38-10-9-35(21)23-11-19(14-32-25(23)27(34)37)22-13-20(6-5-17(22)2)33-26(36)18-7-8-31-24(12-18)28(3,29)30/h5-8,11-14,21H,4,9-10,15-16H2,1-3H3,(H,33,36)/t21-/m1/s1. The van der Waals surface area contributed by atoms with Crippen LogP contribution in [0.3, 0.4) is 0 Å². The Morgan fingerprint density at radius 2 is 2.03 bits per heavy atom. The van der Waals surface area contributed by atoms with E-state index in [1.54, 1.807) is 17.2 Å². The number of anilines is 2. The summed E-state index contributed by atoms with van der Waals surface area (Å²) in [6.45, 7) is 7.57. The van der Waals surface area contributed by atoms with Gasteiger partial charge in [0.15, 0.2) is 5.69 Å². The number of ether oxygens (including phenoxy) is 1. The Kier molecular flexibility index (Phi) is 6.83. The van der Waals surface area contributed by atoms with Crippen LogP contribution in [-0.2, 0) is 10.7 Å². The van der Waals surface area contributed by atoms with E-state index < -0.39 is 17.5 Å². The van der Waals surface area contributed by atoms with Gasteiger partial charge in [-0.3, -0.25) is 14.6 Å². The van der Waals surface area contributed by atoms with Gasteiger partial charge < -0.3 is 19.9 Å². The molecule has 1 fully saturated rings. The summed E-state index contributed by atoms with van der Waals surface area (Å²) in [5, 5.41) is 2.79.